The second-order valence-electron chi connectivity index (χ2n) is 6.06. The molecule has 24 heavy (non-hydrogen) atoms. The molecule has 4 nitrogen and oxygen atoms in total. The number of nitrogens with zero attached hydrogens (tertiary/aromatic N) is 3. The first-order chi connectivity index (χ1) is 11.7. The molecule has 0 bridgehead atoms. The number of hydrogen-bond donors (Lipinski definition) is 0. The maximum atomic E-state index is 5.53. The van der Waals surface area contributed by atoms with Crippen LogP contribution in [0.4, 0.5) is 0 Å². The number of aromatic nitrogens is 1. The van der Waals surface area contributed by atoms with E-state index in [0.29, 0.717) is 6.54 Å². The highest BCUT2D eigenvalue weighted by atomic mass is 32.1. The van der Waals surface area contributed by atoms with Crippen molar-refractivity contribution >= 4 is 17.0 Å². The Bertz CT molecular complexity index is 821. The number of benzene rings is 1. The Morgan fingerprint density at radius 3 is 2.75 bits per heavy atom. The Morgan fingerprint density at radius 2 is 2.04 bits per heavy atom. The smallest absolute Gasteiger partial charge is 0.206 e. The van der Waals surface area contributed by atoms with E-state index in [1.54, 1.807) is 18.4 Å². The van der Waals surface area contributed by atoms with E-state index in [1.165, 1.54) is 18.6 Å². The number of rotatable bonds is 5. The van der Waals surface area contributed by atoms with Gasteiger partial charge in [-0.1, -0.05) is 24.3 Å². The summed E-state index contributed by atoms with van der Waals surface area (Å²) in [5, 5.41) is 7.02. The van der Waals surface area contributed by atoms with E-state index in [2.05, 4.69) is 23.0 Å². The molecule has 0 N–H and O–H groups in total. The standard InChI is InChI=1S/C19H23N3OS/c1-14(2)12-20-19-22(21-15-8-4-5-9-15)17(13-24-19)16-10-6-7-11-18(16)23-3/h6-7,10-11,13H,1,4-5,8-9,12H2,2-3H3. The Labute approximate surface area is 146 Å². The summed E-state index contributed by atoms with van der Waals surface area (Å²) in [5.41, 5.74) is 4.36. The zero-order chi connectivity index (χ0) is 16.9. The van der Waals surface area contributed by atoms with Crippen LogP contribution in [0.5, 0.6) is 5.75 Å². The summed E-state index contributed by atoms with van der Waals surface area (Å²) in [4.78, 5) is 5.58. The lowest BCUT2D eigenvalue weighted by Gasteiger charge is -2.09. The van der Waals surface area contributed by atoms with Gasteiger partial charge in [-0.05, 0) is 44.7 Å². The van der Waals surface area contributed by atoms with Gasteiger partial charge >= 0.3 is 0 Å². The molecule has 1 saturated carbocycles. The molecule has 1 aliphatic carbocycles. The van der Waals surface area contributed by atoms with Gasteiger partial charge in [-0.2, -0.15) is 5.10 Å². The molecule has 0 spiro atoms. The molecule has 0 unspecified atom stereocenters. The average molecular weight is 341 g/mol. The third-order valence-electron chi connectivity index (χ3n) is 3.97. The van der Waals surface area contributed by atoms with Crippen LogP contribution in [0.3, 0.4) is 0 Å². The van der Waals surface area contributed by atoms with E-state index in [0.717, 1.165) is 40.2 Å². The van der Waals surface area contributed by atoms with E-state index in [4.69, 9.17) is 9.84 Å². The molecule has 1 fully saturated rings. The molecular formula is C19H23N3OS. The van der Waals surface area contributed by atoms with Crippen molar-refractivity contribution in [3.05, 3.63) is 46.6 Å². The second-order valence-corrected chi connectivity index (χ2v) is 6.90. The topological polar surface area (TPSA) is 38.9 Å². The highest BCUT2D eigenvalue weighted by molar-refractivity contribution is 7.07. The van der Waals surface area contributed by atoms with Crippen LogP contribution in [0.1, 0.15) is 32.6 Å². The molecule has 1 aromatic carbocycles. The minimum Gasteiger partial charge on any atom is -0.496 e. The molecule has 0 saturated heterocycles. The molecule has 3 rings (SSSR count). The summed E-state index contributed by atoms with van der Waals surface area (Å²) < 4.78 is 7.51. The van der Waals surface area contributed by atoms with E-state index in [-0.39, 0.29) is 0 Å². The van der Waals surface area contributed by atoms with Crippen LogP contribution in [-0.4, -0.2) is 24.0 Å². The molecule has 1 heterocycles. The van der Waals surface area contributed by atoms with Gasteiger partial charge in [0, 0.05) is 16.7 Å². The second kappa shape index (κ2) is 7.62. The SMILES string of the molecule is C=C(C)CN=c1scc(-c2ccccc2OC)n1N=C1CCCC1. The molecule has 126 valence electrons. The zero-order valence-corrected chi connectivity index (χ0v) is 15.1. The Morgan fingerprint density at radius 1 is 1.29 bits per heavy atom. The summed E-state index contributed by atoms with van der Waals surface area (Å²) in [5.74, 6) is 0.849. The summed E-state index contributed by atoms with van der Waals surface area (Å²) >= 11 is 1.61. The number of ether oxygens (including phenoxy) is 1. The van der Waals surface area contributed by atoms with Crippen molar-refractivity contribution in [3.63, 3.8) is 0 Å². The molecule has 1 aromatic heterocycles. The molecular weight excluding hydrogens is 318 g/mol. The lowest BCUT2D eigenvalue weighted by Crippen LogP contribution is -2.14. The molecule has 2 aromatic rings. The van der Waals surface area contributed by atoms with Crippen molar-refractivity contribution < 1.29 is 4.74 Å². The van der Waals surface area contributed by atoms with Crippen LogP contribution in [0.25, 0.3) is 11.3 Å². The van der Waals surface area contributed by atoms with Crippen molar-refractivity contribution in [2.75, 3.05) is 13.7 Å². The Hall–Kier alpha value is -2.14. The molecule has 0 atom stereocenters. The van der Waals surface area contributed by atoms with Gasteiger partial charge in [0.25, 0.3) is 0 Å². The largest absolute Gasteiger partial charge is 0.496 e. The van der Waals surface area contributed by atoms with Crippen LogP contribution < -0.4 is 9.54 Å². The van der Waals surface area contributed by atoms with Gasteiger partial charge in [0.2, 0.25) is 4.80 Å². The van der Waals surface area contributed by atoms with Gasteiger partial charge in [0.15, 0.2) is 0 Å². The summed E-state index contributed by atoms with van der Waals surface area (Å²) in [6.07, 6.45) is 4.61. The molecule has 0 amide bonds. The van der Waals surface area contributed by atoms with Crippen LogP contribution >= 0.6 is 11.3 Å². The third kappa shape index (κ3) is 3.67. The van der Waals surface area contributed by atoms with Gasteiger partial charge in [0.1, 0.15) is 5.75 Å². The molecule has 5 heteroatoms. The van der Waals surface area contributed by atoms with Gasteiger partial charge in [-0.3, -0.25) is 4.99 Å². The Kier molecular flexibility index (Phi) is 5.30. The fourth-order valence-electron chi connectivity index (χ4n) is 2.77. The van der Waals surface area contributed by atoms with Gasteiger partial charge in [-0.15, -0.1) is 11.3 Å². The fourth-order valence-corrected chi connectivity index (χ4v) is 3.60. The summed E-state index contributed by atoms with van der Waals surface area (Å²) in [7, 11) is 1.70. The number of methoxy groups -OCH3 is 1. The predicted octanol–water partition coefficient (Wildman–Crippen LogP) is 4.48. The first-order valence-electron chi connectivity index (χ1n) is 8.24. The quantitative estimate of drug-likeness (QED) is 0.739. The lowest BCUT2D eigenvalue weighted by molar-refractivity contribution is 0.416. The van der Waals surface area contributed by atoms with E-state index < -0.39 is 0 Å². The summed E-state index contributed by atoms with van der Waals surface area (Å²) in [6.45, 7) is 6.55. The molecule has 1 aliphatic rings. The van der Waals surface area contributed by atoms with Crippen LogP contribution in [0.15, 0.2) is 51.9 Å². The maximum absolute atomic E-state index is 5.53. The minimum absolute atomic E-state index is 0.622. The van der Waals surface area contributed by atoms with Crippen LogP contribution in [0.2, 0.25) is 0 Å². The van der Waals surface area contributed by atoms with Crippen molar-refractivity contribution in [3.8, 4) is 17.0 Å². The third-order valence-corrected chi connectivity index (χ3v) is 4.83. The number of para-hydroxylation sites is 1. The van der Waals surface area contributed by atoms with E-state index in [1.807, 2.05) is 29.8 Å². The van der Waals surface area contributed by atoms with Crippen molar-refractivity contribution in [1.82, 2.24) is 4.68 Å². The van der Waals surface area contributed by atoms with E-state index in [9.17, 15) is 0 Å². The highest BCUT2D eigenvalue weighted by Crippen LogP contribution is 2.30. The molecule has 0 radical (unpaired) electrons. The maximum Gasteiger partial charge on any atom is 0.206 e. The van der Waals surface area contributed by atoms with Crippen molar-refractivity contribution in [2.24, 2.45) is 10.1 Å². The minimum atomic E-state index is 0.622. The van der Waals surface area contributed by atoms with Gasteiger partial charge in [-0.25, -0.2) is 4.68 Å². The Balaban J connectivity index is 2.14. The average Bonchev–Trinajstić information content (AvgIpc) is 3.23. The summed E-state index contributed by atoms with van der Waals surface area (Å²) in [6, 6.07) is 8.04. The first kappa shape index (κ1) is 16.7. The van der Waals surface area contributed by atoms with Crippen molar-refractivity contribution in [2.45, 2.75) is 32.6 Å². The number of thiazole rings is 1. The van der Waals surface area contributed by atoms with Gasteiger partial charge < -0.3 is 4.74 Å². The lowest BCUT2D eigenvalue weighted by atomic mass is 10.1. The highest BCUT2D eigenvalue weighted by Gasteiger charge is 2.14. The predicted molar refractivity (Wildman–Crippen MR) is 101 cm³/mol. The normalized spacial score (nSPS) is 14.9. The zero-order valence-electron chi connectivity index (χ0n) is 14.3. The van der Waals surface area contributed by atoms with Crippen molar-refractivity contribution in [1.29, 1.82) is 0 Å². The van der Waals surface area contributed by atoms with E-state index >= 15 is 0 Å². The molecule has 0 aliphatic heterocycles. The van der Waals surface area contributed by atoms with Crippen LogP contribution in [-0.2, 0) is 0 Å². The number of hydrogen-bond acceptors (Lipinski definition) is 4. The van der Waals surface area contributed by atoms with Crippen LogP contribution in [0, 0.1) is 0 Å². The first-order valence-corrected chi connectivity index (χ1v) is 9.12. The monoisotopic (exact) mass is 341 g/mol. The fraction of sp³-hybridized carbons (Fsp3) is 0.368. The van der Waals surface area contributed by atoms with Gasteiger partial charge in [0.05, 0.1) is 19.3 Å².